The van der Waals surface area contributed by atoms with Gasteiger partial charge in [0.25, 0.3) is 0 Å². The summed E-state index contributed by atoms with van der Waals surface area (Å²) in [4.78, 5) is 37.7. The van der Waals surface area contributed by atoms with Gasteiger partial charge in [0, 0.05) is 23.7 Å². The van der Waals surface area contributed by atoms with Crippen LogP contribution in [0.15, 0.2) is 97.1 Å². The molecule has 4 bridgehead atoms. The first kappa shape index (κ1) is 21.9. The van der Waals surface area contributed by atoms with Gasteiger partial charge in [-0.1, -0.05) is 97.1 Å². The number of hydrogen-bond donors (Lipinski definition) is 0. The molecule has 4 aromatic rings. The molecule has 186 valence electrons. The first-order valence-corrected chi connectivity index (χ1v) is 13.5. The van der Waals surface area contributed by atoms with Gasteiger partial charge in [-0.05, 0) is 57.3 Å². The van der Waals surface area contributed by atoms with Gasteiger partial charge in [0.2, 0.25) is 0 Å². The van der Waals surface area contributed by atoms with E-state index >= 15 is 0 Å². The third kappa shape index (κ3) is 2.97. The van der Waals surface area contributed by atoms with Gasteiger partial charge in [0.15, 0.2) is 0 Å². The zero-order valence-corrected chi connectivity index (χ0v) is 20.7. The van der Waals surface area contributed by atoms with Crippen LogP contribution in [0.25, 0.3) is 0 Å². The molecule has 0 saturated carbocycles. The van der Waals surface area contributed by atoms with Crippen molar-refractivity contribution in [3.05, 3.63) is 142 Å². The standard InChI is InChI=1S/C34H26O4/c35-33(29-17-27-19-9-1-5-13-23(19)31(29)24-14-6-2-10-20(24)27)37-38-34(36)30-18-28-21-11-3-7-15-25(21)32(30)26-16-8-4-12-22(26)28/h1-16,27-32H,17-18H2/t27?,28?,29-,30-,31?,32?/m1/s1. The highest BCUT2D eigenvalue weighted by Crippen LogP contribution is 2.57. The molecule has 0 unspecified atom stereocenters. The fourth-order valence-electron chi connectivity index (χ4n) is 7.94. The Balaban J connectivity index is 1.06. The Bertz CT molecular complexity index is 1400. The van der Waals surface area contributed by atoms with E-state index in [2.05, 4.69) is 72.8 Å². The third-order valence-corrected chi connectivity index (χ3v) is 9.42. The molecule has 0 N–H and O–H groups in total. The van der Waals surface area contributed by atoms with Gasteiger partial charge in [-0.25, -0.2) is 19.4 Å². The lowest BCUT2D eigenvalue weighted by Crippen LogP contribution is -2.39. The van der Waals surface area contributed by atoms with E-state index in [1.54, 1.807) is 0 Å². The molecule has 6 aliphatic carbocycles. The third-order valence-electron chi connectivity index (χ3n) is 9.42. The van der Waals surface area contributed by atoms with Gasteiger partial charge in [-0.15, -0.1) is 0 Å². The first-order chi connectivity index (χ1) is 18.7. The molecule has 0 heterocycles. The Morgan fingerprint density at radius 1 is 0.447 bits per heavy atom. The zero-order valence-electron chi connectivity index (χ0n) is 20.7. The second kappa shape index (κ2) is 8.16. The molecule has 10 rings (SSSR count). The molecule has 0 spiro atoms. The normalized spacial score (nSPS) is 26.9. The molecule has 4 nitrogen and oxygen atoms in total. The summed E-state index contributed by atoms with van der Waals surface area (Å²) >= 11 is 0. The Hall–Kier alpha value is -4.18. The quantitative estimate of drug-likeness (QED) is 0.231. The number of rotatable bonds is 2. The van der Waals surface area contributed by atoms with Crippen molar-refractivity contribution in [2.75, 3.05) is 0 Å². The van der Waals surface area contributed by atoms with Crippen molar-refractivity contribution in [2.45, 2.75) is 36.5 Å². The SMILES string of the molecule is O=C(OOC(=O)[C@@H]1CC2c3ccccc3C1c1ccccc12)[C@@H]1CC2c3ccccc3C1c1ccccc12. The minimum Gasteiger partial charge on any atom is -0.247 e. The van der Waals surface area contributed by atoms with E-state index in [1.165, 1.54) is 44.5 Å². The molecule has 0 amide bonds. The lowest BCUT2D eigenvalue weighted by Gasteiger charge is -2.44. The van der Waals surface area contributed by atoms with E-state index < -0.39 is 11.9 Å². The molecular formula is C34H26O4. The average Bonchev–Trinajstić information content (AvgIpc) is 2.99. The van der Waals surface area contributed by atoms with Crippen molar-refractivity contribution in [2.24, 2.45) is 11.8 Å². The van der Waals surface area contributed by atoms with Gasteiger partial charge in [0.05, 0.1) is 11.8 Å². The van der Waals surface area contributed by atoms with Gasteiger partial charge in [-0.2, -0.15) is 0 Å². The fourth-order valence-corrected chi connectivity index (χ4v) is 7.94. The minimum atomic E-state index is -0.459. The van der Waals surface area contributed by atoms with Crippen LogP contribution in [-0.4, -0.2) is 11.9 Å². The number of fused-ring (bicyclic) bond motifs is 2. The van der Waals surface area contributed by atoms with Gasteiger partial charge in [-0.3, -0.25) is 0 Å². The maximum atomic E-state index is 13.5. The average molecular weight is 499 g/mol. The highest BCUT2D eigenvalue weighted by atomic mass is 17.2. The van der Waals surface area contributed by atoms with Crippen LogP contribution in [0.2, 0.25) is 0 Å². The summed E-state index contributed by atoms with van der Waals surface area (Å²) in [7, 11) is 0. The number of benzene rings is 4. The summed E-state index contributed by atoms with van der Waals surface area (Å²) in [6.07, 6.45) is 1.31. The van der Waals surface area contributed by atoms with Crippen LogP contribution in [-0.2, 0) is 19.4 Å². The molecule has 6 aliphatic rings. The molecule has 4 aromatic carbocycles. The van der Waals surface area contributed by atoms with Crippen LogP contribution in [0.1, 0.15) is 81.0 Å². The number of carbonyl (C=O) groups is 2. The molecule has 0 aliphatic heterocycles. The summed E-state index contributed by atoms with van der Waals surface area (Å²) in [5, 5.41) is 0. The van der Waals surface area contributed by atoms with E-state index in [4.69, 9.17) is 9.78 Å². The van der Waals surface area contributed by atoms with Crippen molar-refractivity contribution in [1.82, 2.24) is 0 Å². The second-order valence-corrected chi connectivity index (χ2v) is 11.1. The van der Waals surface area contributed by atoms with E-state index in [9.17, 15) is 9.59 Å². The lowest BCUT2D eigenvalue weighted by atomic mass is 9.59. The van der Waals surface area contributed by atoms with Crippen molar-refractivity contribution in [1.29, 1.82) is 0 Å². The van der Waals surface area contributed by atoms with Crippen LogP contribution in [0, 0.1) is 11.8 Å². The number of carbonyl (C=O) groups excluding carboxylic acids is 2. The fraction of sp³-hybridized carbons (Fsp3) is 0.235. The van der Waals surface area contributed by atoms with Crippen molar-refractivity contribution >= 4 is 11.9 Å². The molecule has 2 atom stereocenters. The zero-order chi connectivity index (χ0) is 25.4. The largest absolute Gasteiger partial charge is 0.359 e. The van der Waals surface area contributed by atoms with E-state index in [0.717, 1.165) is 0 Å². The van der Waals surface area contributed by atoms with E-state index in [1.807, 2.05) is 24.3 Å². The number of hydrogen-bond acceptors (Lipinski definition) is 4. The Kier molecular flexibility index (Phi) is 4.69. The summed E-state index contributed by atoms with van der Waals surface area (Å²) in [6, 6.07) is 33.5. The van der Waals surface area contributed by atoms with Gasteiger partial charge >= 0.3 is 11.9 Å². The van der Waals surface area contributed by atoms with Gasteiger partial charge in [0.1, 0.15) is 0 Å². The maximum Gasteiger partial charge on any atom is 0.359 e. The lowest BCUT2D eigenvalue weighted by molar-refractivity contribution is -0.266. The van der Waals surface area contributed by atoms with Crippen LogP contribution in [0.3, 0.4) is 0 Å². The first-order valence-electron chi connectivity index (χ1n) is 13.5. The van der Waals surface area contributed by atoms with Crippen molar-refractivity contribution in [3.8, 4) is 0 Å². The molecule has 0 saturated heterocycles. The molecule has 38 heavy (non-hydrogen) atoms. The molecule has 0 radical (unpaired) electrons. The Labute approximate surface area is 221 Å². The summed E-state index contributed by atoms with van der Waals surface area (Å²) in [6.45, 7) is 0. The van der Waals surface area contributed by atoms with Crippen LogP contribution < -0.4 is 0 Å². The van der Waals surface area contributed by atoms with Gasteiger partial charge < -0.3 is 0 Å². The molecule has 4 heteroatoms. The predicted octanol–water partition coefficient (Wildman–Crippen LogP) is 6.58. The monoisotopic (exact) mass is 498 g/mol. The summed E-state index contributed by atoms with van der Waals surface area (Å²) in [5.74, 6) is -1.60. The molecule has 0 aromatic heterocycles. The molecule has 0 fully saturated rings. The van der Waals surface area contributed by atoms with Crippen molar-refractivity contribution < 1.29 is 19.4 Å². The summed E-state index contributed by atoms with van der Waals surface area (Å²) in [5.41, 5.74) is 9.84. The van der Waals surface area contributed by atoms with Crippen LogP contribution in [0.5, 0.6) is 0 Å². The Morgan fingerprint density at radius 3 is 1.00 bits per heavy atom. The second-order valence-electron chi connectivity index (χ2n) is 11.1. The maximum absolute atomic E-state index is 13.5. The van der Waals surface area contributed by atoms with E-state index in [-0.39, 0.29) is 35.5 Å². The highest BCUT2D eigenvalue weighted by molar-refractivity contribution is 5.81. The van der Waals surface area contributed by atoms with Crippen LogP contribution in [0.4, 0.5) is 0 Å². The highest BCUT2D eigenvalue weighted by Gasteiger charge is 2.49. The van der Waals surface area contributed by atoms with Crippen LogP contribution >= 0.6 is 0 Å². The van der Waals surface area contributed by atoms with Crippen molar-refractivity contribution in [3.63, 3.8) is 0 Å². The Morgan fingerprint density at radius 2 is 0.711 bits per heavy atom. The van der Waals surface area contributed by atoms with E-state index in [0.29, 0.717) is 12.8 Å². The topological polar surface area (TPSA) is 52.6 Å². The predicted molar refractivity (Wildman–Crippen MR) is 142 cm³/mol. The summed E-state index contributed by atoms with van der Waals surface area (Å²) < 4.78 is 0. The smallest absolute Gasteiger partial charge is 0.247 e. The minimum absolute atomic E-state index is 0.0944. The molecular weight excluding hydrogens is 472 g/mol.